The van der Waals surface area contributed by atoms with Crippen molar-refractivity contribution in [1.82, 2.24) is 15.5 Å². The summed E-state index contributed by atoms with van der Waals surface area (Å²) in [4.78, 5) is 14.3. The highest BCUT2D eigenvalue weighted by Crippen LogP contribution is 2.31. The van der Waals surface area contributed by atoms with Gasteiger partial charge >= 0.3 is 0 Å². The van der Waals surface area contributed by atoms with Crippen LogP contribution in [0.15, 0.2) is 0 Å². The number of carbonyl (C=O) groups is 1. The normalized spacial score (nSPS) is 25.4. The number of hydrogen-bond donors (Lipinski definition) is 2. The van der Waals surface area contributed by atoms with Crippen molar-refractivity contribution < 1.29 is 4.79 Å². The van der Waals surface area contributed by atoms with Gasteiger partial charge in [0.1, 0.15) is 0 Å². The van der Waals surface area contributed by atoms with Crippen LogP contribution in [0, 0.1) is 5.41 Å². The molecule has 0 radical (unpaired) electrons. The van der Waals surface area contributed by atoms with Gasteiger partial charge in [-0.05, 0) is 32.9 Å². The number of nitrogens with zero attached hydrogens (tertiary/aromatic N) is 1. The second kappa shape index (κ2) is 6.21. The molecule has 0 aromatic carbocycles. The molecule has 0 aromatic rings. The molecule has 4 nitrogen and oxygen atoms in total. The largest absolute Gasteiger partial charge is 0.344 e. The molecule has 1 saturated heterocycles. The Hall–Kier alpha value is -0.610. The minimum Gasteiger partial charge on any atom is -0.344 e. The summed E-state index contributed by atoms with van der Waals surface area (Å²) in [5, 5.41) is 6.43. The zero-order valence-electron chi connectivity index (χ0n) is 10.8. The third-order valence-electron chi connectivity index (χ3n) is 3.65. The van der Waals surface area contributed by atoms with Crippen LogP contribution in [0.3, 0.4) is 0 Å². The van der Waals surface area contributed by atoms with E-state index in [0.717, 1.165) is 45.4 Å². The summed E-state index contributed by atoms with van der Waals surface area (Å²) in [6.07, 6.45) is 3.07. The fourth-order valence-corrected chi connectivity index (χ4v) is 2.39. The highest BCUT2D eigenvalue weighted by atomic mass is 16.2. The summed E-state index contributed by atoms with van der Waals surface area (Å²) in [5.74, 6) is 0.303. The molecule has 2 N–H and O–H groups in total. The smallest absolute Gasteiger partial charge is 0.229 e. The minimum atomic E-state index is -0.152. The number of amides is 1. The fourth-order valence-electron chi connectivity index (χ4n) is 2.39. The summed E-state index contributed by atoms with van der Waals surface area (Å²) in [6, 6.07) is 0. The molecule has 1 amide bonds. The Morgan fingerprint density at radius 1 is 1.56 bits per heavy atom. The zero-order chi connectivity index (χ0) is 12.0. The van der Waals surface area contributed by atoms with Crippen molar-refractivity contribution in [3.05, 3.63) is 0 Å². The van der Waals surface area contributed by atoms with Crippen LogP contribution in [0.5, 0.6) is 0 Å². The lowest BCUT2D eigenvalue weighted by atomic mass is 9.77. The van der Waals surface area contributed by atoms with Crippen LogP contribution in [0.1, 0.15) is 26.2 Å². The quantitative estimate of drug-likeness (QED) is 0.716. The van der Waals surface area contributed by atoms with E-state index in [-0.39, 0.29) is 5.41 Å². The van der Waals surface area contributed by atoms with Gasteiger partial charge in [-0.2, -0.15) is 0 Å². The van der Waals surface area contributed by atoms with Crippen molar-refractivity contribution >= 4 is 5.91 Å². The Morgan fingerprint density at radius 3 is 2.81 bits per heavy atom. The molecular formula is C12H25N3O. The fraction of sp³-hybridized carbons (Fsp3) is 0.917. The van der Waals surface area contributed by atoms with E-state index >= 15 is 0 Å². The third-order valence-corrected chi connectivity index (χ3v) is 3.65. The van der Waals surface area contributed by atoms with Crippen LogP contribution in [-0.2, 0) is 4.79 Å². The topological polar surface area (TPSA) is 44.4 Å². The first-order valence-electron chi connectivity index (χ1n) is 6.27. The molecule has 0 spiro atoms. The van der Waals surface area contributed by atoms with Gasteiger partial charge in [0.05, 0.1) is 5.41 Å². The Morgan fingerprint density at radius 2 is 2.31 bits per heavy atom. The van der Waals surface area contributed by atoms with Crippen molar-refractivity contribution in [1.29, 1.82) is 0 Å². The molecule has 94 valence electrons. The van der Waals surface area contributed by atoms with Crippen molar-refractivity contribution in [2.45, 2.75) is 26.2 Å². The summed E-state index contributed by atoms with van der Waals surface area (Å²) in [6.45, 7) is 5.66. The number of rotatable bonds is 5. The first-order valence-corrected chi connectivity index (χ1v) is 6.27. The van der Waals surface area contributed by atoms with Gasteiger partial charge in [-0.1, -0.05) is 6.92 Å². The van der Waals surface area contributed by atoms with Crippen LogP contribution in [0.4, 0.5) is 0 Å². The molecule has 0 aliphatic carbocycles. The predicted octanol–water partition coefficient (Wildman–Crippen LogP) is 0.444. The van der Waals surface area contributed by atoms with Gasteiger partial charge in [-0.15, -0.1) is 0 Å². The van der Waals surface area contributed by atoms with Crippen LogP contribution < -0.4 is 10.6 Å². The van der Waals surface area contributed by atoms with E-state index in [0.29, 0.717) is 5.91 Å². The molecule has 1 fully saturated rings. The van der Waals surface area contributed by atoms with Gasteiger partial charge in [-0.25, -0.2) is 0 Å². The molecule has 0 saturated carbocycles. The molecule has 16 heavy (non-hydrogen) atoms. The monoisotopic (exact) mass is 227 g/mol. The van der Waals surface area contributed by atoms with E-state index < -0.39 is 0 Å². The van der Waals surface area contributed by atoms with Gasteiger partial charge in [0, 0.05) is 26.7 Å². The highest BCUT2D eigenvalue weighted by molar-refractivity contribution is 5.82. The molecular weight excluding hydrogens is 202 g/mol. The Kier molecular flexibility index (Phi) is 5.22. The maximum absolute atomic E-state index is 12.4. The number of carbonyl (C=O) groups excluding carboxylic acids is 1. The van der Waals surface area contributed by atoms with E-state index in [2.05, 4.69) is 17.6 Å². The standard InChI is InChI=1S/C12H25N3O/c1-4-12(6-5-7-14-10-12)11(16)15(3)9-8-13-2/h13-14H,4-10H2,1-3H3. The summed E-state index contributed by atoms with van der Waals surface area (Å²) < 4.78 is 0. The Balaban J connectivity index is 2.60. The van der Waals surface area contributed by atoms with E-state index in [1.807, 2.05) is 19.0 Å². The van der Waals surface area contributed by atoms with Crippen LogP contribution in [-0.4, -0.2) is 51.1 Å². The Bertz CT molecular complexity index is 224. The van der Waals surface area contributed by atoms with E-state index in [1.165, 1.54) is 0 Å². The average molecular weight is 227 g/mol. The average Bonchev–Trinajstić information content (AvgIpc) is 2.35. The predicted molar refractivity (Wildman–Crippen MR) is 66.4 cm³/mol. The van der Waals surface area contributed by atoms with Crippen molar-refractivity contribution in [3.63, 3.8) is 0 Å². The van der Waals surface area contributed by atoms with Crippen LogP contribution >= 0.6 is 0 Å². The molecule has 1 heterocycles. The van der Waals surface area contributed by atoms with Crippen molar-refractivity contribution in [3.8, 4) is 0 Å². The van der Waals surface area contributed by atoms with Gasteiger partial charge in [0.15, 0.2) is 0 Å². The summed E-state index contributed by atoms with van der Waals surface area (Å²) >= 11 is 0. The lowest BCUT2D eigenvalue weighted by molar-refractivity contribution is -0.142. The zero-order valence-corrected chi connectivity index (χ0v) is 10.8. The van der Waals surface area contributed by atoms with Gasteiger partial charge < -0.3 is 15.5 Å². The number of piperidine rings is 1. The van der Waals surface area contributed by atoms with Gasteiger partial charge in [0.25, 0.3) is 0 Å². The number of nitrogens with one attached hydrogen (secondary N) is 2. The van der Waals surface area contributed by atoms with E-state index in [9.17, 15) is 4.79 Å². The molecule has 1 aliphatic heterocycles. The van der Waals surface area contributed by atoms with Crippen LogP contribution in [0.2, 0.25) is 0 Å². The molecule has 0 bridgehead atoms. The van der Waals surface area contributed by atoms with Gasteiger partial charge in [0.2, 0.25) is 5.91 Å². The number of hydrogen-bond acceptors (Lipinski definition) is 3. The lowest BCUT2D eigenvalue weighted by Crippen LogP contribution is -2.51. The number of likely N-dealkylation sites (N-methyl/N-ethyl adjacent to an activating group) is 2. The highest BCUT2D eigenvalue weighted by Gasteiger charge is 2.39. The van der Waals surface area contributed by atoms with Crippen molar-refractivity contribution in [2.75, 3.05) is 40.3 Å². The molecule has 4 heteroatoms. The minimum absolute atomic E-state index is 0.152. The summed E-state index contributed by atoms with van der Waals surface area (Å²) in [5.41, 5.74) is -0.152. The summed E-state index contributed by atoms with van der Waals surface area (Å²) in [7, 11) is 3.82. The van der Waals surface area contributed by atoms with E-state index in [1.54, 1.807) is 0 Å². The second-order valence-corrected chi connectivity index (χ2v) is 4.74. The lowest BCUT2D eigenvalue weighted by Gasteiger charge is -2.38. The SMILES string of the molecule is CCC1(C(=O)N(C)CCNC)CCCNC1. The van der Waals surface area contributed by atoms with Gasteiger partial charge in [-0.3, -0.25) is 4.79 Å². The molecule has 1 atom stereocenters. The maximum atomic E-state index is 12.4. The van der Waals surface area contributed by atoms with E-state index in [4.69, 9.17) is 0 Å². The molecule has 1 rings (SSSR count). The molecule has 1 aliphatic rings. The second-order valence-electron chi connectivity index (χ2n) is 4.74. The molecule has 0 aromatic heterocycles. The first kappa shape index (κ1) is 13.5. The van der Waals surface area contributed by atoms with Crippen LogP contribution in [0.25, 0.3) is 0 Å². The third kappa shape index (κ3) is 2.95. The first-order chi connectivity index (χ1) is 7.66. The Labute approximate surface area is 98.8 Å². The molecule has 1 unspecified atom stereocenters. The maximum Gasteiger partial charge on any atom is 0.229 e. The van der Waals surface area contributed by atoms with Crippen molar-refractivity contribution in [2.24, 2.45) is 5.41 Å².